The molecule has 0 aliphatic carbocycles. The predicted octanol–water partition coefficient (Wildman–Crippen LogP) is -1.57. The largest absolute Gasteiger partial charge is 0.187 e. The van der Waals surface area contributed by atoms with Crippen molar-refractivity contribution in [1.82, 2.24) is 0 Å². The van der Waals surface area contributed by atoms with Gasteiger partial charge < -0.3 is 0 Å². The second kappa shape index (κ2) is 29.6. The first-order chi connectivity index (χ1) is 0. The Labute approximate surface area is 89.6 Å². The second-order valence-electron chi connectivity index (χ2n) is 0. The molecule has 0 nitrogen and oxygen atoms in total. The van der Waals surface area contributed by atoms with Gasteiger partial charge in [0.25, 0.3) is 0 Å². The van der Waals surface area contributed by atoms with Gasteiger partial charge in [-0.05, 0) is 0 Å². The standard InChI is InChI=1S/Ag.Al.B.Ti.W.3H. The molecule has 0 bridgehead atoms. The number of rotatable bonds is 0. The van der Waals surface area contributed by atoms with Gasteiger partial charge in [-0.15, -0.1) is 0 Å². The normalized spacial score (nSPS) is 0. The van der Waals surface area contributed by atoms with Crippen molar-refractivity contribution >= 4 is 25.8 Å². The van der Waals surface area contributed by atoms with Crippen LogP contribution in [0.2, 0.25) is 0 Å². The summed E-state index contributed by atoms with van der Waals surface area (Å²) in [4.78, 5) is 0. The third kappa shape index (κ3) is 20.2. The number of hydrogen-bond acceptors (Lipinski definition) is 0. The van der Waals surface area contributed by atoms with Crippen LogP contribution >= 0.6 is 0 Å². The summed E-state index contributed by atoms with van der Waals surface area (Å²) in [6, 6.07) is 0. The molecule has 30 valence electrons. The molecule has 0 saturated carbocycles. The van der Waals surface area contributed by atoms with Crippen LogP contribution in [0, 0.1) is 0 Å². The zero-order valence-corrected chi connectivity index (χ0v) is 7.76. The monoisotopic (exact) mass is 380 g/mol. The number of hydrogen-bond donors (Lipinski definition) is 0. The van der Waals surface area contributed by atoms with Crippen LogP contribution in [-0.4, -0.2) is 25.8 Å². The van der Waals surface area contributed by atoms with Gasteiger partial charge in [-0.3, -0.25) is 0 Å². The van der Waals surface area contributed by atoms with Gasteiger partial charge in [0.2, 0.25) is 0 Å². The molecule has 5 heteroatoms. The summed E-state index contributed by atoms with van der Waals surface area (Å²) in [5, 5.41) is 0. The molecule has 4 radical (unpaired) electrons. The van der Waals surface area contributed by atoms with Gasteiger partial charge in [0.05, 0.1) is 0 Å². The molecule has 5 heavy (non-hydrogen) atoms. The van der Waals surface area contributed by atoms with E-state index < -0.39 is 0 Å². The predicted molar refractivity (Wildman–Crippen MR) is 15.7 cm³/mol. The first-order valence-corrected chi connectivity index (χ1v) is 0. The molecule has 0 rings (SSSR count). The van der Waals surface area contributed by atoms with Gasteiger partial charge >= 0.3 is 0 Å². The summed E-state index contributed by atoms with van der Waals surface area (Å²) in [7, 11) is 0. The van der Waals surface area contributed by atoms with Gasteiger partial charge in [0.1, 0.15) is 0 Å². The zero-order valence-electron chi connectivity index (χ0n) is 1.79. The Morgan fingerprint density at radius 2 is 1.00 bits per heavy atom. The third-order valence-corrected chi connectivity index (χ3v) is 0. The molecule has 0 aliphatic rings. The van der Waals surface area contributed by atoms with Crippen LogP contribution in [0.3, 0.4) is 0 Å². The minimum absolute atomic E-state index is 0. The van der Waals surface area contributed by atoms with E-state index >= 15 is 0 Å². The zero-order chi connectivity index (χ0) is 0. The van der Waals surface area contributed by atoms with Crippen LogP contribution in [0.5, 0.6) is 0 Å². The topological polar surface area (TPSA) is 0 Å². The molecule has 0 N–H and O–H groups in total. The molecule has 0 saturated heterocycles. The minimum Gasteiger partial charge on any atom is 0 e. The minimum atomic E-state index is 0. The average Bonchev–Trinajstić information content (AvgIpc) is 0. The Morgan fingerprint density at radius 1 is 1.00 bits per heavy atom. The van der Waals surface area contributed by atoms with E-state index in [4.69, 9.17) is 0 Å². The van der Waals surface area contributed by atoms with Crippen molar-refractivity contribution in [1.29, 1.82) is 0 Å². The van der Waals surface area contributed by atoms with Crippen molar-refractivity contribution in [3.05, 3.63) is 0 Å². The molecule has 0 aromatic rings. The molecular formula is H3AgAlBTiW. The average molecular weight is 380 g/mol. The summed E-state index contributed by atoms with van der Waals surface area (Å²) < 4.78 is 0. The first kappa shape index (κ1) is 46.8. The van der Waals surface area contributed by atoms with E-state index in [1.807, 2.05) is 0 Å². The summed E-state index contributed by atoms with van der Waals surface area (Å²) in [6.45, 7) is 0. The first-order valence-electron chi connectivity index (χ1n) is 0. The molecule has 0 unspecified atom stereocenters. The van der Waals surface area contributed by atoms with E-state index in [2.05, 4.69) is 0 Å². The fraction of sp³-hybridized carbons (Fsp3) is 0. The van der Waals surface area contributed by atoms with Crippen molar-refractivity contribution < 1.29 is 65.2 Å². The summed E-state index contributed by atoms with van der Waals surface area (Å²) in [6.07, 6.45) is 0. The smallest absolute Gasteiger partial charge is 0 e. The van der Waals surface area contributed by atoms with Gasteiger partial charge in [-0.1, -0.05) is 0 Å². The molecule has 0 heterocycles. The van der Waals surface area contributed by atoms with E-state index in [9.17, 15) is 0 Å². The summed E-state index contributed by atoms with van der Waals surface area (Å²) >= 11 is 0. The summed E-state index contributed by atoms with van der Waals surface area (Å²) in [5.41, 5.74) is 0. The van der Waals surface area contributed by atoms with E-state index in [1.54, 1.807) is 0 Å². The fourth-order valence-electron chi connectivity index (χ4n) is 0. The van der Waals surface area contributed by atoms with E-state index in [1.165, 1.54) is 0 Å². The Morgan fingerprint density at radius 3 is 1.00 bits per heavy atom. The molecule has 0 amide bonds. The van der Waals surface area contributed by atoms with Crippen molar-refractivity contribution in [2.24, 2.45) is 0 Å². The van der Waals surface area contributed by atoms with Gasteiger partial charge in [0, 0.05) is 73.6 Å². The molecule has 0 atom stereocenters. The molecule has 0 aromatic heterocycles. The maximum Gasteiger partial charge on any atom is 0.187 e. The molecule has 0 fully saturated rings. The van der Waals surface area contributed by atoms with Crippen molar-refractivity contribution in [3.8, 4) is 0 Å². The van der Waals surface area contributed by atoms with Crippen LogP contribution in [0.15, 0.2) is 0 Å². The van der Waals surface area contributed by atoms with Gasteiger partial charge in [-0.25, -0.2) is 0 Å². The molecule has 0 spiro atoms. The second-order valence-corrected chi connectivity index (χ2v) is 0. The Balaban J connectivity index is 0. The maximum atomic E-state index is 0. The van der Waals surface area contributed by atoms with Crippen molar-refractivity contribution in [2.45, 2.75) is 0 Å². The van der Waals surface area contributed by atoms with Gasteiger partial charge in [0.15, 0.2) is 17.4 Å². The maximum absolute atomic E-state index is 0. The van der Waals surface area contributed by atoms with Gasteiger partial charge in [-0.2, -0.15) is 0 Å². The Kier molecular flexibility index (Phi) is 277. The fourth-order valence-corrected chi connectivity index (χ4v) is 0. The summed E-state index contributed by atoms with van der Waals surface area (Å²) in [5.74, 6) is 0. The van der Waals surface area contributed by atoms with E-state index in [0.717, 1.165) is 0 Å². The van der Waals surface area contributed by atoms with E-state index in [-0.39, 0.29) is 90.9 Å². The molecule has 0 aliphatic heterocycles. The van der Waals surface area contributed by atoms with Crippen LogP contribution in [0.1, 0.15) is 0 Å². The third-order valence-electron chi connectivity index (χ3n) is 0. The Hall–Kier alpha value is 2.74. The van der Waals surface area contributed by atoms with Crippen LogP contribution in [-0.2, 0) is 65.2 Å². The Bertz CT molecular complexity index is 11.6. The van der Waals surface area contributed by atoms with E-state index in [0.29, 0.717) is 0 Å². The molecular weight excluding hydrogens is 377 g/mol. The van der Waals surface area contributed by atoms with Crippen molar-refractivity contribution in [3.63, 3.8) is 0 Å². The van der Waals surface area contributed by atoms with Crippen LogP contribution in [0.25, 0.3) is 0 Å². The van der Waals surface area contributed by atoms with Crippen LogP contribution in [0.4, 0.5) is 0 Å². The SMILES string of the molecule is [Ag].[AlH3].[B].[Ti].[W]. The quantitative estimate of drug-likeness (QED) is 0.446. The van der Waals surface area contributed by atoms with Crippen LogP contribution < -0.4 is 0 Å². The van der Waals surface area contributed by atoms with Crippen molar-refractivity contribution in [2.75, 3.05) is 0 Å². The molecule has 0 aromatic carbocycles.